The molecule has 2 atom stereocenters. The van der Waals surface area contributed by atoms with Crippen molar-refractivity contribution < 1.29 is 14.1 Å². The van der Waals surface area contributed by atoms with E-state index in [2.05, 4.69) is 10.1 Å². The standard InChI is InChI=1S/C15H19N3O3S/c1-10-7-18(8-11(2)20-10)14(19)4-3-13-16-15(17-21-13)12-5-6-22-9-12/h5-6,9-11H,3-4,7-8H2,1-2H3. The van der Waals surface area contributed by atoms with Crippen molar-refractivity contribution in [3.63, 3.8) is 0 Å². The number of rotatable bonds is 4. The molecule has 0 aliphatic carbocycles. The van der Waals surface area contributed by atoms with Crippen molar-refractivity contribution in [1.82, 2.24) is 15.0 Å². The predicted molar refractivity (Wildman–Crippen MR) is 82.5 cm³/mol. The van der Waals surface area contributed by atoms with E-state index in [-0.39, 0.29) is 18.1 Å². The minimum atomic E-state index is 0.0845. The van der Waals surface area contributed by atoms with E-state index in [1.807, 2.05) is 35.6 Å². The van der Waals surface area contributed by atoms with Gasteiger partial charge in [-0.3, -0.25) is 4.79 Å². The van der Waals surface area contributed by atoms with Crippen molar-refractivity contribution >= 4 is 17.2 Å². The number of carbonyl (C=O) groups excluding carboxylic acids is 1. The highest BCUT2D eigenvalue weighted by molar-refractivity contribution is 7.08. The Labute approximate surface area is 133 Å². The zero-order chi connectivity index (χ0) is 15.5. The van der Waals surface area contributed by atoms with Crippen molar-refractivity contribution in [2.75, 3.05) is 13.1 Å². The zero-order valence-corrected chi connectivity index (χ0v) is 13.5. The molecular formula is C15H19N3O3S. The molecular weight excluding hydrogens is 302 g/mol. The lowest BCUT2D eigenvalue weighted by Gasteiger charge is -2.35. The molecule has 6 nitrogen and oxygen atoms in total. The Morgan fingerprint density at radius 3 is 2.86 bits per heavy atom. The highest BCUT2D eigenvalue weighted by Crippen LogP contribution is 2.19. The fourth-order valence-electron chi connectivity index (χ4n) is 2.62. The molecule has 1 aliphatic heterocycles. The summed E-state index contributed by atoms with van der Waals surface area (Å²) < 4.78 is 10.9. The first kappa shape index (κ1) is 15.2. The van der Waals surface area contributed by atoms with E-state index in [9.17, 15) is 4.79 Å². The topological polar surface area (TPSA) is 68.5 Å². The van der Waals surface area contributed by atoms with Crippen molar-refractivity contribution in [2.45, 2.75) is 38.9 Å². The van der Waals surface area contributed by atoms with Gasteiger partial charge in [0.2, 0.25) is 17.6 Å². The fourth-order valence-corrected chi connectivity index (χ4v) is 3.25. The van der Waals surface area contributed by atoms with Gasteiger partial charge in [-0.15, -0.1) is 0 Å². The minimum Gasteiger partial charge on any atom is -0.372 e. The summed E-state index contributed by atoms with van der Waals surface area (Å²) in [6.45, 7) is 5.27. The molecule has 0 radical (unpaired) electrons. The summed E-state index contributed by atoms with van der Waals surface area (Å²) in [5.41, 5.74) is 0.946. The molecule has 1 aliphatic rings. The lowest BCUT2D eigenvalue weighted by atomic mass is 10.2. The summed E-state index contributed by atoms with van der Waals surface area (Å²) >= 11 is 1.59. The first-order chi connectivity index (χ1) is 10.6. The SMILES string of the molecule is CC1CN(C(=O)CCc2nc(-c3ccsc3)no2)CC(C)O1. The van der Waals surface area contributed by atoms with Crippen LogP contribution in [-0.2, 0) is 16.0 Å². The van der Waals surface area contributed by atoms with Gasteiger partial charge in [0.1, 0.15) is 0 Å². The number of morpholine rings is 1. The first-order valence-corrected chi connectivity index (χ1v) is 8.34. The van der Waals surface area contributed by atoms with Gasteiger partial charge in [0.15, 0.2) is 0 Å². The molecule has 7 heteroatoms. The number of aromatic nitrogens is 2. The maximum Gasteiger partial charge on any atom is 0.227 e. The van der Waals surface area contributed by atoms with Gasteiger partial charge in [-0.2, -0.15) is 16.3 Å². The Balaban J connectivity index is 1.55. The molecule has 2 aromatic rings. The number of hydrogen-bond acceptors (Lipinski definition) is 6. The molecule has 1 saturated heterocycles. The quantitative estimate of drug-likeness (QED) is 0.865. The van der Waals surface area contributed by atoms with Crippen LogP contribution in [0.2, 0.25) is 0 Å². The molecule has 3 heterocycles. The van der Waals surface area contributed by atoms with Gasteiger partial charge in [-0.05, 0) is 25.3 Å². The molecule has 3 rings (SSSR count). The monoisotopic (exact) mass is 321 g/mol. The largest absolute Gasteiger partial charge is 0.372 e. The Bertz CT molecular complexity index is 616. The molecule has 1 fully saturated rings. The molecule has 0 bridgehead atoms. The Morgan fingerprint density at radius 2 is 2.18 bits per heavy atom. The van der Waals surface area contributed by atoms with Gasteiger partial charge in [-0.25, -0.2) is 0 Å². The average Bonchev–Trinajstić information content (AvgIpc) is 3.14. The minimum absolute atomic E-state index is 0.0845. The highest BCUT2D eigenvalue weighted by Gasteiger charge is 2.25. The van der Waals surface area contributed by atoms with Crippen molar-refractivity contribution in [3.05, 3.63) is 22.7 Å². The summed E-state index contributed by atoms with van der Waals surface area (Å²) in [6, 6.07) is 1.95. The third-order valence-electron chi connectivity index (χ3n) is 3.57. The van der Waals surface area contributed by atoms with E-state index in [1.54, 1.807) is 11.3 Å². The molecule has 2 aromatic heterocycles. The molecule has 0 saturated carbocycles. The lowest BCUT2D eigenvalue weighted by Crippen LogP contribution is -2.48. The summed E-state index contributed by atoms with van der Waals surface area (Å²) in [5.74, 6) is 1.19. The van der Waals surface area contributed by atoms with Crippen LogP contribution in [0.5, 0.6) is 0 Å². The Morgan fingerprint density at radius 1 is 1.41 bits per heavy atom. The van der Waals surface area contributed by atoms with Crippen LogP contribution < -0.4 is 0 Å². The number of nitrogens with zero attached hydrogens (tertiary/aromatic N) is 3. The van der Waals surface area contributed by atoms with Crippen LogP contribution in [0.15, 0.2) is 21.3 Å². The number of hydrogen-bond donors (Lipinski definition) is 0. The second-order valence-corrected chi connectivity index (χ2v) is 6.36. The predicted octanol–water partition coefficient (Wildman–Crippen LogP) is 2.37. The average molecular weight is 321 g/mol. The number of ether oxygens (including phenoxy) is 1. The molecule has 118 valence electrons. The molecule has 1 amide bonds. The van der Waals surface area contributed by atoms with Crippen LogP contribution in [0.25, 0.3) is 11.4 Å². The summed E-state index contributed by atoms with van der Waals surface area (Å²) in [6.07, 6.45) is 1.02. The van der Waals surface area contributed by atoms with Crippen molar-refractivity contribution in [2.24, 2.45) is 0 Å². The molecule has 0 N–H and O–H groups in total. The van der Waals surface area contributed by atoms with E-state index >= 15 is 0 Å². The maximum atomic E-state index is 12.3. The molecule has 0 spiro atoms. The lowest BCUT2D eigenvalue weighted by molar-refractivity contribution is -0.143. The van der Waals surface area contributed by atoms with E-state index in [1.165, 1.54) is 0 Å². The van der Waals surface area contributed by atoms with E-state index in [0.29, 0.717) is 37.6 Å². The van der Waals surface area contributed by atoms with Crippen LogP contribution in [0, 0.1) is 0 Å². The molecule has 22 heavy (non-hydrogen) atoms. The van der Waals surface area contributed by atoms with Gasteiger partial charge in [-0.1, -0.05) is 5.16 Å². The Hall–Kier alpha value is -1.73. The zero-order valence-electron chi connectivity index (χ0n) is 12.7. The molecule has 0 aromatic carbocycles. The van der Waals surface area contributed by atoms with Gasteiger partial charge in [0, 0.05) is 36.9 Å². The van der Waals surface area contributed by atoms with Crippen LogP contribution >= 0.6 is 11.3 Å². The van der Waals surface area contributed by atoms with E-state index in [4.69, 9.17) is 9.26 Å². The van der Waals surface area contributed by atoms with Crippen LogP contribution in [0.4, 0.5) is 0 Å². The second kappa shape index (κ2) is 6.58. The first-order valence-electron chi connectivity index (χ1n) is 7.40. The smallest absolute Gasteiger partial charge is 0.227 e. The fraction of sp³-hybridized carbons (Fsp3) is 0.533. The van der Waals surface area contributed by atoms with Crippen LogP contribution in [-0.4, -0.2) is 46.2 Å². The number of amides is 1. The normalized spacial score (nSPS) is 22.0. The van der Waals surface area contributed by atoms with E-state index in [0.717, 1.165) is 5.56 Å². The van der Waals surface area contributed by atoms with E-state index < -0.39 is 0 Å². The summed E-state index contributed by atoms with van der Waals surface area (Å²) in [5, 5.41) is 7.89. The van der Waals surface area contributed by atoms with Gasteiger partial charge >= 0.3 is 0 Å². The number of aryl methyl sites for hydroxylation is 1. The van der Waals surface area contributed by atoms with Crippen molar-refractivity contribution in [3.8, 4) is 11.4 Å². The molecule has 2 unspecified atom stereocenters. The van der Waals surface area contributed by atoms with Crippen LogP contribution in [0.3, 0.4) is 0 Å². The summed E-state index contributed by atoms with van der Waals surface area (Å²) in [7, 11) is 0. The highest BCUT2D eigenvalue weighted by atomic mass is 32.1. The van der Waals surface area contributed by atoms with Gasteiger partial charge in [0.25, 0.3) is 0 Å². The number of thiophene rings is 1. The van der Waals surface area contributed by atoms with Crippen molar-refractivity contribution in [1.29, 1.82) is 0 Å². The number of carbonyl (C=O) groups is 1. The summed E-state index contributed by atoms with van der Waals surface area (Å²) in [4.78, 5) is 18.5. The third-order valence-corrected chi connectivity index (χ3v) is 4.26. The second-order valence-electron chi connectivity index (χ2n) is 5.58. The maximum absolute atomic E-state index is 12.3. The van der Waals surface area contributed by atoms with Gasteiger partial charge < -0.3 is 14.2 Å². The van der Waals surface area contributed by atoms with Gasteiger partial charge in [0.05, 0.1) is 12.2 Å². The third kappa shape index (κ3) is 3.53. The Kier molecular flexibility index (Phi) is 4.54. The van der Waals surface area contributed by atoms with Crippen LogP contribution in [0.1, 0.15) is 26.2 Å².